The summed E-state index contributed by atoms with van der Waals surface area (Å²) in [5, 5.41) is 2.96. The van der Waals surface area contributed by atoms with E-state index in [4.69, 9.17) is 9.47 Å². The Kier molecular flexibility index (Phi) is 8.15. The minimum absolute atomic E-state index is 0.141. The van der Waals surface area contributed by atoms with Crippen LogP contribution in [-0.4, -0.2) is 88.5 Å². The normalized spacial score (nSPS) is 21.9. The van der Waals surface area contributed by atoms with Gasteiger partial charge in [-0.15, -0.1) is 0 Å². The van der Waals surface area contributed by atoms with Crippen molar-refractivity contribution in [2.45, 2.75) is 19.3 Å². The van der Waals surface area contributed by atoms with Gasteiger partial charge in [-0.2, -0.15) is 0 Å². The number of hydrogen-bond donors (Lipinski definition) is 1. The number of rotatable bonds is 8. The standard InChI is InChI=1S/C16H31N3O3/c1-21-10-2-5-17-16(20)14-18-6-3-15(4-7-18)13-19-8-11-22-12-9-19/h15H,2-14H2,1H3,(H,17,20). The van der Waals surface area contributed by atoms with Gasteiger partial charge in [0, 0.05) is 39.9 Å². The molecule has 0 unspecified atom stereocenters. The van der Waals surface area contributed by atoms with Gasteiger partial charge < -0.3 is 14.8 Å². The molecule has 128 valence electrons. The highest BCUT2D eigenvalue weighted by Gasteiger charge is 2.23. The molecule has 2 aliphatic heterocycles. The molecule has 22 heavy (non-hydrogen) atoms. The van der Waals surface area contributed by atoms with Crippen LogP contribution in [0.5, 0.6) is 0 Å². The molecule has 2 saturated heterocycles. The van der Waals surface area contributed by atoms with Crippen LogP contribution in [0.4, 0.5) is 0 Å². The van der Waals surface area contributed by atoms with E-state index in [1.54, 1.807) is 7.11 Å². The summed E-state index contributed by atoms with van der Waals surface area (Å²) in [5.74, 6) is 0.918. The third-order valence-corrected chi connectivity index (χ3v) is 4.54. The van der Waals surface area contributed by atoms with E-state index in [1.807, 2.05) is 0 Å². The summed E-state index contributed by atoms with van der Waals surface area (Å²) < 4.78 is 10.4. The lowest BCUT2D eigenvalue weighted by molar-refractivity contribution is -0.122. The Morgan fingerprint density at radius 3 is 2.59 bits per heavy atom. The molecule has 2 aliphatic rings. The summed E-state index contributed by atoms with van der Waals surface area (Å²) in [6, 6.07) is 0. The van der Waals surface area contributed by atoms with Crippen molar-refractivity contribution in [1.29, 1.82) is 0 Å². The van der Waals surface area contributed by atoms with Crippen molar-refractivity contribution < 1.29 is 14.3 Å². The van der Waals surface area contributed by atoms with E-state index >= 15 is 0 Å². The lowest BCUT2D eigenvalue weighted by Gasteiger charge is -2.35. The molecule has 2 heterocycles. The molecular weight excluding hydrogens is 282 g/mol. The second kappa shape index (κ2) is 10.2. The van der Waals surface area contributed by atoms with Crippen LogP contribution in [0.2, 0.25) is 0 Å². The van der Waals surface area contributed by atoms with E-state index in [1.165, 1.54) is 19.4 Å². The van der Waals surface area contributed by atoms with E-state index in [-0.39, 0.29) is 5.91 Å². The average molecular weight is 313 g/mol. The number of amides is 1. The summed E-state index contributed by atoms with van der Waals surface area (Å²) in [6.45, 7) is 9.13. The lowest BCUT2D eigenvalue weighted by Crippen LogP contribution is -2.45. The van der Waals surface area contributed by atoms with E-state index in [0.29, 0.717) is 19.7 Å². The van der Waals surface area contributed by atoms with Crippen molar-refractivity contribution >= 4 is 5.91 Å². The Balaban J connectivity index is 1.55. The van der Waals surface area contributed by atoms with Crippen molar-refractivity contribution in [3.8, 4) is 0 Å². The zero-order valence-electron chi connectivity index (χ0n) is 13.9. The molecular formula is C16H31N3O3. The lowest BCUT2D eigenvalue weighted by atomic mass is 9.96. The van der Waals surface area contributed by atoms with Gasteiger partial charge in [-0.3, -0.25) is 14.6 Å². The second-order valence-corrected chi connectivity index (χ2v) is 6.33. The van der Waals surface area contributed by atoms with Crippen LogP contribution in [0.25, 0.3) is 0 Å². The second-order valence-electron chi connectivity index (χ2n) is 6.33. The first kappa shape index (κ1) is 17.7. The van der Waals surface area contributed by atoms with Crippen LogP contribution < -0.4 is 5.32 Å². The van der Waals surface area contributed by atoms with E-state index < -0.39 is 0 Å². The van der Waals surface area contributed by atoms with E-state index in [2.05, 4.69) is 15.1 Å². The van der Waals surface area contributed by atoms with Gasteiger partial charge in [-0.05, 0) is 38.3 Å². The fraction of sp³-hybridized carbons (Fsp3) is 0.938. The molecule has 0 saturated carbocycles. The number of methoxy groups -OCH3 is 1. The molecule has 6 heteroatoms. The maximum absolute atomic E-state index is 11.9. The number of piperidine rings is 1. The molecule has 1 amide bonds. The maximum Gasteiger partial charge on any atom is 0.234 e. The van der Waals surface area contributed by atoms with Crippen molar-refractivity contribution in [3.05, 3.63) is 0 Å². The van der Waals surface area contributed by atoms with Crippen LogP contribution in [0.1, 0.15) is 19.3 Å². The zero-order valence-corrected chi connectivity index (χ0v) is 13.9. The van der Waals surface area contributed by atoms with Gasteiger partial charge in [0.05, 0.1) is 19.8 Å². The minimum atomic E-state index is 0.141. The molecule has 0 radical (unpaired) electrons. The third-order valence-electron chi connectivity index (χ3n) is 4.54. The number of carbonyl (C=O) groups excluding carboxylic acids is 1. The first-order valence-electron chi connectivity index (χ1n) is 8.56. The predicted octanol–water partition coefficient (Wildman–Crippen LogP) is 0.183. The summed E-state index contributed by atoms with van der Waals surface area (Å²) in [5.41, 5.74) is 0. The van der Waals surface area contributed by atoms with E-state index in [0.717, 1.165) is 51.7 Å². The highest BCUT2D eigenvalue weighted by atomic mass is 16.5. The Bertz CT molecular complexity index is 314. The highest BCUT2D eigenvalue weighted by Crippen LogP contribution is 2.18. The van der Waals surface area contributed by atoms with Crippen molar-refractivity contribution in [2.75, 3.05) is 72.7 Å². The highest BCUT2D eigenvalue weighted by molar-refractivity contribution is 5.77. The monoisotopic (exact) mass is 313 g/mol. The Morgan fingerprint density at radius 2 is 1.91 bits per heavy atom. The first-order valence-corrected chi connectivity index (χ1v) is 8.56. The third kappa shape index (κ3) is 6.60. The molecule has 2 fully saturated rings. The maximum atomic E-state index is 11.9. The molecule has 1 N–H and O–H groups in total. The number of likely N-dealkylation sites (tertiary alicyclic amines) is 1. The van der Waals surface area contributed by atoms with Crippen LogP contribution in [-0.2, 0) is 14.3 Å². The summed E-state index contributed by atoms with van der Waals surface area (Å²) in [4.78, 5) is 16.7. The number of hydrogen-bond acceptors (Lipinski definition) is 5. The van der Waals surface area contributed by atoms with Gasteiger partial charge in [0.25, 0.3) is 0 Å². The quantitative estimate of drug-likeness (QED) is 0.648. The predicted molar refractivity (Wildman–Crippen MR) is 85.9 cm³/mol. The number of morpholine rings is 1. The zero-order chi connectivity index (χ0) is 15.6. The SMILES string of the molecule is COCCCNC(=O)CN1CCC(CN2CCOCC2)CC1. The smallest absolute Gasteiger partial charge is 0.234 e. The Labute approximate surface area is 134 Å². The van der Waals surface area contributed by atoms with Gasteiger partial charge in [-0.25, -0.2) is 0 Å². The van der Waals surface area contributed by atoms with Crippen molar-refractivity contribution in [2.24, 2.45) is 5.92 Å². The number of nitrogens with zero attached hydrogens (tertiary/aromatic N) is 2. The Morgan fingerprint density at radius 1 is 1.18 bits per heavy atom. The van der Waals surface area contributed by atoms with Crippen LogP contribution >= 0.6 is 0 Å². The molecule has 6 nitrogen and oxygen atoms in total. The minimum Gasteiger partial charge on any atom is -0.385 e. The van der Waals surface area contributed by atoms with Gasteiger partial charge in [0.2, 0.25) is 5.91 Å². The van der Waals surface area contributed by atoms with Crippen molar-refractivity contribution in [1.82, 2.24) is 15.1 Å². The summed E-state index contributed by atoms with van der Waals surface area (Å²) in [6.07, 6.45) is 3.28. The number of carbonyl (C=O) groups is 1. The van der Waals surface area contributed by atoms with Gasteiger partial charge >= 0.3 is 0 Å². The van der Waals surface area contributed by atoms with Crippen molar-refractivity contribution in [3.63, 3.8) is 0 Å². The molecule has 0 aromatic heterocycles. The molecule has 0 spiro atoms. The molecule has 0 atom stereocenters. The fourth-order valence-corrected chi connectivity index (χ4v) is 3.18. The number of ether oxygens (including phenoxy) is 2. The van der Waals surface area contributed by atoms with Gasteiger partial charge in [0.1, 0.15) is 0 Å². The largest absolute Gasteiger partial charge is 0.385 e. The number of nitrogens with one attached hydrogen (secondary N) is 1. The molecule has 0 bridgehead atoms. The molecule has 0 aromatic rings. The molecule has 2 rings (SSSR count). The van der Waals surface area contributed by atoms with Crippen LogP contribution in [0.15, 0.2) is 0 Å². The summed E-state index contributed by atoms with van der Waals surface area (Å²) >= 11 is 0. The molecule has 0 aliphatic carbocycles. The fourth-order valence-electron chi connectivity index (χ4n) is 3.18. The van der Waals surface area contributed by atoms with Crippen LogP contribution in [0, 0.1) is 5.92 Å². The van der Waals surface area contributed by atoms with Gasteiger partial charge in [0.15, 0.2) is 0 Å². The van der Waals surface area contributed by atoms with Gasteiger partial charge in [-0.1, -0.05) is 0 Å². The Hall–Kier alpha value is -0.690. The summed E-state index contributed by atoms with van der Waals surface area (Å²) in [7, 11) is 1.68. The first-order chi connectivity index (χ1) is 10.8. The average Bonchev–Trinajstić information content (AvgIpc) is 2.54. The van der Waals surface area contributed by atoms with Crippen LogP contribution in [0.3, 0.4) is 0 Å². The van der Waals surface area contributed by atoms with E-state index in [9.17, 15) is 4.79 Å². The molecule has 0 aromatic carbocycles. The topological polar surface area (TPSA) is 54.0 Å².